The van der Waals surface area contributed by atoms with Crippen LogP contribution in [0.4, 0.5) is 0 Å². The molecule has 1 aromatic rings. The molecule has 0 spiro atoms. The van der Waals surface area contributed by atoms with Gasteiger partial charge in [0.25, 0.3) is 5.91 Å². The number of aliphatic imine (C=N–C) groups is 1. The maximum atomic E-state index is 12.0. The van der Waals surface area contributed by atoms with E-state index in [4.69, 9.17) is 0 Å². The number of benzene rings is 1. The molecule has 28 heavy (non-hydrogen) atoms. The Bertz CT molecular complexity index is 668. The van der Waals surface area contributed by atoms with Gasteiger partial charge in [-0.2, -0.15) is 0 Å². The summed E-state index contributed by atoms with van der Waals surface area (Å²) < 4.78 is 0. The quantitative estimate of drug-likeness (QED) is 0.582. The summed E-state index contributed by atoms with van der Waals surface area (Å²) in [6.45, 7) is 3.91. The number of amides is 1. The maximum absolute atomic E-state index is 12.0. The fourth-order valence-electron chi connectivity index (χ4n) is 4.04. The number of carbonyl (C=O) groups excluding carboxylic acids is 1. The third-order valence-electron chi connectivity index (χ3n) is 5.89. The molecule has 0 saturated heterocycles. The van der Waals surface area contributed by atoms with E-state index in [0.717, 1.165) is 24.0 Å². The molecule has 0 aliphatic heterocycles. The minimum Gasteiger partial charge on any atom is -0.355 e. The van der Waals surface area contributed by atoms with E-state index in [9.17, 15) is 4.79 Å². The Hall–Kier alpha value is -2.08. The van der Waals surface area contributed by atoms with Crippen LogP contribution in [0.1, 0.15) is 48.5 Å². The predicted octanol–water partition coefficient (Wildman–Crippen LogP) is 2.56. The summed E-state index contributed by atoms with van der Waals surface area (Å²) in [5.74, 6) is 1.59. The number of likely N-dealkylation sites (N-methyl/N-ethyl adjacent to an activating group) is 1. The Morgan fingerprint density at radius 1 is 1.18 bits per heavy atom. The van der Waals surface area contributed by atoms with Gasteiger partial charge in [0, 0.05) is 45.3 Å². The first-order valence-electron chi connectivity index (χ1n) is 10.2. The summed E-state index contributed by atoms with van der Waals surface area (Å²) in [4.78, 5) is 20.3. The van der Waals surface area contributed by atoms with Crippen molar-refractivity contribution in [3.8, 4) is 0 Å². The molecule has 1 amide bonds. The Morgan fingerprint density at radius 3 is 2.39 bits per heavy atom. The highest BCUT2D eigenvalue weighted by Gasteiger charge is 2.36. The summed E-state index contributed by atoms with van der Waals surface area (Å²) in [7, 11) is 9.71. The van der Waals surface area contributed by atoms with Crippen molar-refractivity contribution >= 4 is 11.9 Å². The van der Waals surface area contributed by atoms with E-state index >= 15 is 0 Å². The molecule has 0 bridgehead atoms. The molecule has 6 heteroatoms. The molecule has 0 radical (unpaired) electrons. The zero-order valence-electron chi connectivity index (χ0n) is 18.4. The first-order chi connectivity index (χ1) is 13.3. The summed E-state index contributed by atoms with van der Waals surface area (Å²) in [6.07, 6.45) is 5.04. The smallest absolute Gasteiger partial charge is 0.253 e. The Balaban J connectivity index is 1.91. The second kappa shape index (κ2) is 9.92. The fourth-order valence-corrected chi connectivity index (χ4v) is 4.04. The van der Waals surface area contributed by atoms with Gasteiger partial charge in [0.2, 0.25) is 0 Å². The number of guanidine groups is 1. The van der Waals surface area contributed by atoms with Crippen molar-refractivity contribution in [3.63, 3.8) is 0 Å². The third kappa shape index (κ3) is 5.71. The van der Waals surface area contributed by atoms with Crippen molar-refractivity contribution in [1.82, 2.24) is 20.4 Å². The molecule has 2 atom stereocenters. The predicted molar refractivity (Wildman–Crippen MR) is 117 cm³/mol. The molecule has 1 aromatic carbocycles. The number of carbonyl (C=O) groups is 1. The molecule has 2 unspecified atom stereocenters. The van der Waals surface area contributed by atoms with Gasteiger partial charge in [-0.15, -0.1) is 0 Å². The Labute approximate surface area is 170 Å². The number of hydrogen-bond acceptors (Lipinski definition) is 3. The highest BCUT2D eigenvalue weighted by atomic mass is 16.2. The molecule has 1 fully saturated rings. The normalized spacial score (nSPS) is 22.8. The standard InChI is InChI=1S/C22H37N5O/c1-17-8-7-13-22(14-17,27(5)6)16-25-21(23-2)24-15-18-9-11-19(12-10-18)20(28)26(3)4/h9-12,17H,7-8,13-16H2,1-6H3,(H2,23,24,25). The molecule has 2 N–H and O–H groups in total. The van der Waals surface area contributed by atoms with E-state index in [1.807, 2.05) is 24.3 Å². The van der Waals surface area contributed by atoms with Crippen LogP contribution in [-0.4, -0.2) is 69.0 Å². The second-order valence-corrected chi connectivity index (χ2v) is 8.50. The van der Waals surface area contributed by atoms with Crippen LogP contribution in [0.3, 0.4) is 0 Å². The highest BCUT2D eigenvalue weighted by molar-refractivity contribution is 5.93. The Morgan fingerprint density at radius 2 is 1.86 bits per heavy atom. The highest BCUT2D eigenvalue weighted by Crippen LogP contribution is 2.35. The molecular formula is C22H37N5O. The summed E-state index contributed by atoms with van der Waals surface area (Å²) in [5, 5.41) is 6.92. The van der Waals surface area contributed by atoms with Gasteiger partial charge < -0.3 is 20.4 Å². The summed E-state index contributed by atoms with van der Waals surface area (Å²) >= 11 is 0. The third-order valence-corrected chi connectivity index (χ3v) is 5.89. The zero-order valence-corrected chi connectivity index (χ0v) is 18.4. The first-order valence-corrected chi connectivity index (χ1v) is 10.2. The van der Waals surface area contributed by atoms with Crippen molar-refractivity contribution in [2.45, 2.75) is 44.7 Å². The van der Waals surface area contributed by atoms with Crippen molar-refractivity contribution in [1.29, 1.82) is 0 Å². The topological polar surface area (TPSA) is 60.0 Å². The number of nitrogens with one attached hydrogen (secondary N) is 2. The molecule has 156 valence electrons. The van der Waals surface area contributed by atoms with Gasteiger partial charge in [-0.1, -0.05) is 31.9 Å². The van der Waals surface area contributed by atoms with Gasteiger partial charge >= 0.3 is 0 Å². The minimum atomic E-state index is 0.0210. The van der Waals surface area contributed by atoms with Gasteiger partial charge in [-0.25, -0.2) is 0 Å². The molecule has 0 heterocycles. The fraction of sp³-hybridized carbons (Fsp3) is 0.636. The van der Waals surface area contributed by atoms with Gasteiger partial charge in [0.05, 0.1) is 0 Å². The van der Waals surface area contributed by atoms with Crippen LogP contribution in [0.25, 0.3) is 0 Å². The molecule has 6 nitrogen and oxygen atoms in total. The van der Waals surface area contributed by atoms with E-state index in [1.54, 1.807) is 26.0 Å². The first kappa shape index (κ1) is 22.2. The van der Waals surface area contributed by atoms with Crippen molar-refractivity contribution in [3.05, 3.63) is 35.4 Å². The van der Waals surface area contributed by atoms with Crippen LogP contribution in [0, 0.1) is 5.92 Å². The van der Waals surface area contributed by atoms with Crippen molar-refractivity contribution in [2.24, 2.45) is 10.9 Å². The van der Waals surface area contributed by atoms with E-state index in [0.29, 0.717) is 12.1 Å². The van der Waals surface area contributed by atoms with E-state index in [2.05, 4.69) is 41.5 Å². The molecular weight excluding hydrogens is 350 g/mol. The van der Waals surface area contributed by atoms with Gasteiger partial charge in [0.1, 0.15) is 0 Å². The van der Waals surface area contributed by atoms with Gasteiger partial charge in [0.15, 0.2) is 5.96 Å². The lowest BCUT2D eigenvalue weighted by molar-refractivity contribution is 0.0795. The number of rotatable bonds is 6. The lowest BCUT2D eigenvalue weighted by atomic mass is 9.75. The van der Waals surface area contributed by atoms with E-state index < -0.39 is 0 Å². The largest absolute Gasteiger partial charge is 0.355 e. The van der Waals surface area contributed by atoms with Crippen LogP contribution >= 0.6 is 0 Å². The van der Waals surface area contributed by atoms with Crippen LogP contribution in [0.5, 0.6) is 0 Å². The van der Waals surface area contributed by atoms with Gasteiger partial charge in [-0.05, 0) is 50.6 Å². The Kier molecular flexibility index (Phi) is 7.87. The summed E-state index contributed by atoms with van der Waals surface area (Å²) in [5.41, 5.74) is 2.01. The lowest BCUT2D eigenvalue weighted by Gasteiger charge is -2.45. The molecule has 0 aromatic heterocycles. The molecule has 2 rings (SSSR count). The van der Waals surface area contributed by atoms with Crippen molar-refractivity contribution in [2.75, 3.05) is 41.8 Å². The lowest BCUT2D eigenvalue weighted by Crippen LogP contribution is -2.56. The molecule has 1 saturated carbocycles. The SMILES string of the molecule is CN=C(NCc1ccc(C(=O)N(C)C)cc1)NCC1(N(C)C)CCCC(C)C1. The minimum absolute atomic E-state index is 0.0210. The second-order valence-electron chi connectivity index (χ2n) is 8.50. The van der Waals surface area contributed by atoms with Crippen LogP contribution in [0.15, 0.2) is 29.3 Å². The van der Waals surface area contributed by atoms with E-state index in [-0.39, 0.29) is 11.4 Å². The number of nitrogens with zero attached hydrogens (tertiary/aromatic N) is 3. The van der Waals surface area contributed by atoms with Crippen molar-refractivity contribution < 1.29 is 4.79 Å². The van der Waals surface area contributed by atoms with Gasteiger partial charge in [-0.3, -0.25) is 9.79 Å². The van der Waals surface area contributed by atoms with Crippen LogP contribution in [0.2, 0.25) is 0 Å². The average Bonchev–Trinajstić information content (AvgIpc) is 2.67. The zero-order chi connectivity index (χ0) is 20.7. The van der Waals surface area contributed by atoms with Crippen LogP contribution in [-0.2, 0) is 6.54 Å². The maximum Gasteiger partial charge on any atom is 0.253 e. The van der Waals surface area contributed by atoms with E-state index in [1.165, 1.54) is 25.7 Å². The summed E-state index contributed by atoms with van der Waals surface area (Å²) in [6, 6.07) is 7.72. The number of hydrogen-bond donors (Lipinski definition) is 2. The van der Waals surface area contributed by atoms with Crippen LogP contribution < -0.4 is 10.6 Å². The molecule has 1 aliphatic rings. The molecule has 1 aliphatic carbocycles. The monoisotopic (exact) mass is 387 g/mol. The average molecular weight is 388 g/mol.